The van der Waals surface area contributed by atoms with Crippen molar-refractivity contribution < 1.29 is 0 Å². The molecule has 3 unspecified atom stereocenters. The Bertz CT molecular complexity index is 418. The number of aromatic nitrogens is 1. The fourth-order valence-electron chi connectivity index (χ4n) is 3.26. The lowest BCUT2D eigenvalue weighted by Gasteiger charge is -2.43. The highest BCUT2D eigenvalue weighted by Gasteiger charge is 2.29. The monoisotopic (exact) mass is 275 g/mol. The number of pyridine rings is 1. The van der Waals surface area contributed by atoms with Crippen LogP contribution < -0.4 is 10.2 Å². The predicted octanol–water partition coefficient (Wildman–Crippen LogP) is 3.45. The van der Waals surface area contributed by atoms with Gasteiger partial charge in [0.25, 0.3) is 0 Å². The molecule has 0 radical (unpaired) electrons. The minimum Gasteiger partial charge on any atom is -0.367 e. The van der Waals surface area contributed by atoms with Crippen molar-refractivity contribution in [1.82, 2.24) is 10.3 Å². The lowest BCUT2D eigenvalue weighted by atomic mass is 9.85. The van der Waals surface area contributed by atoms with Gasteiger partial charge < -0.3 is 10.2 Å². The van der Waals surface area contributed by atoms with E-state index in [4.69, 9.17) is 0 Å². The van der Waals surface area contributed by atoms with Crippen LogP contribution >= 0.6 is 0 Å². The Morgan fingerprint density at radius 2 is 2.15 bits per heavy atom. The first-order chi connectivity index (χ1) is 9.63. The topological polar surface area (TPSA) is 28.2 Å². The summed E-state index contributed by atoms with van der Waals surface area (Å²) in [6.45, 7) is 12.5. The summed E-state index contributed by atoms with van der Waals surface area (Å²) in [5.41, 5.74) is 2.70. The average Bonchev–Trinajstić information content (AvgIpc) is 2.44. The van der Waals surface area contributed by atoms with Crippen LogP contribution in [0.4, 0.5) is 5.69 Å². The molecular weight excluding hydrogens is 246 g/mol. The van der Waals surface area contributed by atoms with Gasteiger partial charge in [-0.1, -0.05) is 20.8 Å². The van der Waals surface area contributed by atoms with E-state index < -0.39 is 0 Å². The first-order valence-corrected chi connectivity index (χ1v) is 8.03. The summed E-state index contributed by atoms with van der Waals surface area (Å²) in [6.07, 6.45) is 6.47. The summed E-state index contributed by atoms with van der Waals surface area (Å²) in [6, 6.07) is 2.76. The Morgan fingerprint density at radius 3 is 2.90 bits per heavy atom. The number of rotatable bonds is 5. The van der Waals surface area contributed by atoms with Crippen molar-refractivity contribution in [3.05, 3.63) is 24.0 Å². The van der Waals surface area contributed by atoms with Crippen LogP contribution in [0.3, 0.4) is 0 Å². The molecule has 112 valence electrons. The van der Waals surface area contributed by atoms with Crippen LogP contribution in [0.2, 0.25) is 0 Å². The van der Waals surface area contributed by atoms with Crippen LogP contribution in [0.15, 0.2) is 18.5 Å². The summed E-state index contributed by atoms with van der Waals surface area (Å²) in [5, 5.41) is 3.51. The van der Waals surface area contributed by atoms with Crippen LogP contribution in [0, 0.1) is 11.8 Å². The molecule has 0 saturated carbocycles. The predicted molar refractivity (Wildman–Crippen MR) is 86.0 cm³/mol. The van der Waals surface area contributed by atoms with Crippen LogP contribution in [0.1, 0.15) is 46.1 Å². The standard InChI is InChI=1S/C17H29N3/c1-5-7-18-10-16-6-8-19-11-17(16)20-12-13(2)9-14(3)15(20)4/h6,8,11,13-15,18H,5,7,9-10,12H2,1-4H3. The molecule has 20 heavy (non-hydrogen) atoms. The molecule has 0 amide bonds. The Hall–Kier alpha value is -1.09. The third kappa shape index (κ3) is 3.51. The smallest absolute Gasteiger partial charge is 0.0600 e. The van der Waals surface area contributed by atoms with Gasteiger partial charge in [0.1, 0.15) is 0 Å². The second-order valence-corrected chi connectivity index (χ2v) is 6.39. The second-order valence-electron chi connectivity index (χ2n) is 6.39. The number of piperidine rings is 1. The lowest BCUT2D eigenvalue weighted by molar-refractivity contribution is 0.296. The summed E-state index contributed by atoms with van der Waals surface area (Å²) in [4.78, 5) is 6.93. The molecule has 1 aliphatic heterocycles. The highest BCUT2D eigenvalue weighted by molar-refractivity contribution is 5.53. The maximum absolute atomic E-state index is 4.36. The SMILES string of the molecule is CCCNCc1ccncc1N1CC(C)CC(C)C1C. The Balaban J connectivity index is 2.17. The van der Waals surface area contributed by atoms with Crippen molar-refractivity contribution in [3.63, 3.8) is 0 Å². The van der Waals surface area contributed by atoms with E-state index in [1.54, 1.807) is 0 Å². The van der Waals surface area contributed by atoms with E-state index in [9.17, 15) is 0 Å². The molecule has 0 aliphatic carbocycles. The lowest BCUT2D eigenvalue weighted by Crippen LogP contribution is -2.46. The van der Waals surface area contributed by atoms with Crippen molar-refractivity contribution in [2.75, 3.05) is 18.0 Å². The zero-order valence-corrected chi connectivity index (χ0v) is 13.4. The van der Waals surface area contributed by atoms with Crippen molar-refractivity contribution in [2.45, 2.75) is 53.1 Å². The summed E-state index contributed by atoms with van der Waals surface area (Å²) >= 11 is 0. The highest BCUT2D eigenvalue weighted by atomic mass is 15.2. The number of hydrogen-bond donors (Lipinski definition) is 1. The van der Waals surface area contributed by atoms with Crippen LogP contribution in [0.25, 0.3) is 0 Å². The zero-order chi connectivity index (χ0) is 14.5. The van der Waals surface area contributed by atoms with E-state index in [0.29, 0.717) is 6.04 Å². The fraction of sp³-hybridized carbons (Fsp3) is 0.706. The number of nitrogens with one attached hydrogen (secondary N) is 1. The molecule has 2 rings (SSSR count). The van der Waals surface area contributed by atoms with Gasteiger partial charge in [0, 0.05) is 25.3 Å². The molecule has 0 spiro atoms. The van der Waals surface area contributed by atoms with Gasteiger partial charge in [-0.3, -0.25) is 4.98 Å². The molecule has 0 aromatic carbocycles. The first-order valence-electron chi connectivity index (χ1n) is 8.03. The highest BCUT2D eigenvalue weighted by Crippen LogP contribution is 2.32. The maximum atomic E-state index is 4.36. The molecule has 2 heterocycles. The molecule has 1 aromatic rings. The Labute approximate surface area is 123 Å². The van der Waals surface area contributed by atoms with Gasteiger partial charge in [-0.2, -0.15) is 0 Å². The van der Waals surface area contributed by atoms with E-state index in [0.717, 1.165) is 31.5 Å². The van der Waals surface area contributed by atoms with E-state index in [-0.39, 0.29) is 0 Å². The number of hydrogen-bond acceptors (Lipinski definition) is 3. The molecule has 3 nitrogen and oxygen atoms in total. The van der Waals surface area contributed by atoms with Crippen LogP contribution in [-0.4, -0.2) is 24.1 Å². The zero-order valence-electron chi connectivity index (χ0n) is 13.4. The van der Waals surface area contributed by atoms with Gasteiger partial charge in [0.2, 0.25) is 0 Å². The third-order valence-electron chi connectivity index (χ3n) is 4.54. The van der Waals surface area contributed by atoms with Crippen molar-refractivity contribution in [1.29, 1.82) is 0 Å². The molecule has 3 heteroatoms. The molecule has 1 aliphatic rings. The molecule has 1 aromatic heterocycles. The van der Waals surface area contributed by atoms with E-state index >= 15 is 0 Å². The minimum atomic E-state index is 0.598. The van der Waals surface area contributed by atoms with Crippen LogP contribution in [-0.2, 0) is 6.54 Å². The molecule has 3 atom stereocenters. The molecule has 1 saturated heterocycles. The van der Waals surface area contributed by atoms with E-state index in [1.807, 2.05) is 12.4 Å². The number of nitrogens with zero attached hydrogens (tertiary/aromatic N) is 2. The van der Waals surface area contributed by atoms with Gasteiger partial charge in [-0.15, -0.1) is 0 Å². The Kier molecular flexibility index (Phi) is 5.41. The Morgan fingerprint density at radius 1 is 1.35 bits per heavy atom. The summed E-state index contributed by atoms with van der Waals surface area (Å²) in [7, 11) is 0. The van der Waals surface area contributed by atoms with Gasteiger partial charge in [0.05, 0.1) is 11.9 Å². The molecular formula is C17H29N3. The number of anilines is 1. The fourth-order valence-corrected chi connectivity index (χ4v) is 3.26. The van der Waals surface area contributed by atoms with Gasteiger partial charge in [-0.05, 0) is 49.8 Å². The molecule has 0 bridgehead atoms. The molecule has 1 N–H and O–H groups in total. The molecule has 1 fully saturated rings. The van der Waals surface area contributed by atoms with Crippen molar-refractivity contribution >= 4 is 5.69 Å². The van der Waals surface area contributed by atoms with Crippen LogP contribution in [0.5, 0.6) is 0 Å². The average molecular weight is 275 g/mol. The summed E-state index contributed by atoms with van der Waals surface area (Å²) in [5.74, 6) is 1.51. The minimum absolute atomic E-state index is 0.598. The second kappa shape index (κ2) is 7.07. The van der Waals surface area contributed by atoms with E-state index in [1.165, 1.54) is 24.1 Å². The van der Waals surface area contributed by atoms with E-state index in [2.05, 4.69) is 49.0 Å². The summed E-state index contributed by atoms with van der Waals surface area (Å²) < 4.78 is 0. The van der Waals surface area contributed by atoms with Crippen molar-refractivity contribution in [2.24, 2.45) is 11.8 Å². The third-order valence-corrected chi connectivity index (χ3v) is 4.54. The first kappa shape index (κ1) is 15.3. The van der Waals surface area contributed by atoms with Gasteiger partial charge in [-0.25, -0.2) is 0 Å². The normalized spacial score (nSPS) is 26.8. The van der Waals surface area contributed by atoms with Gasteiger partial charge >= 0.3 is 0 Å². The quantitative estimate of drug-likeness (QED) is 0.834. The largest absolute Gasteiger partial charge is 0.367 e. The maximum Gasteiger partial charge on any atom is 0.0600 e. The van der Waals surface area contributed by atoms with Gasteiger partial charge in [0.15, 0.2) is 0 Å². The van der Waals surface area contributed by atoms with Crippen molar-refractivity contribution in [3.8, 4) is 0 Å².